The summed E-state index contributed by atoms with van der Waals surface area (Å²) in [6, 6.07) is 7.12. The summed E-state index contributed by atoms with van der Waals surface area (Å²) in [4.78, 5) is 15.9. The highest BCUT2D eigenvalue weighted by Gasteiger charge is 2.15. The third kappa shape index (κ3) is 3.69. The molecule has 1 amide bonds. The summed E-state index contributed by atoms with van der Waals surface area (Å²) in [7, 11) is 1.58. The van der Waals surface area contributed by atoms with Crippen molar-refractivity contribution in [1.82, 2.24) is 4.98 Å². The minimum Gasteiger partial charge on any atom is -0.497 e. The molecule has 0 saturated heterocycles. The maximum absolute atomic E-state index is 11.9. The summed E-state index contributed by atoms with van der Waals surface area (Å²) in [6.45, 7) is 1.68. The van der Waals surface area contributed by atoms with Gasteiger partial charge in [0.15, 0.2) is 11.2 Å². The molecule has 100 valence electrons. The minimum absolute atomic E-state index is 0.238. The van der Waals surface area contributed by atoms with Gasteiger partial charge >= 0.3 is 0 Å². The van der Waals surface area contributed by atoms with Gasteiger partial charge in [-0.25, -0.2) is 4.98 Å². The molecule has 2 rings (SSSR count). The Labute approximate surface area is 115 Å². The molecular weight excluding hydrogens is 264 g/mol. The Kier molecular flexibility index (Phi) is 4.35. The predicted molar refractivity (Wildman–Crippen MR) is 73.8 cm³/mol. The summed E-state index contributed by atoms with van der Waals surface area (Å²) in [5.41, 5.74) is 0. The lowest BCUT2D eigenvalue weighted by Crippen LogP contribution is -2.30. The zero-order chi connectivity index (χ0) is 13.7. The average molecular weight is 278 g/mol. The number of thiazole rings is 1. The molecule has 2 aromatic rings. The van der Waals surface area contributed by atoms with E-state index in [1.165, 1.54) is 11.3 Å². The number of ether oxygens (including phenoxy) is 2. The lowest BCUT2D eigenvalue weighted by Gasteiger charge is -2.14. The Morgan fingerprint density at radius 1 is 1.42 bits per heavy atom. The van der Waals surface area contributed by atoms with Gasteiger partial charge in [-0.1, -0.05) is 6.07 Å². The monoisotopic (exact) mass is 278 g/mol. The fraction of sp³-hybridized carbons (Fsp3) is 0.231. The Morgan fingerprint density at radius 2 is 2.21 bits per heavy atom. The standard InChI is InChI=1S/C13H14N2O3S/c1-9(12(16)15-13-14-6-7-19-13)18-11-5-3-4-10(8-11)17-2/h3-9H,1-2H3,(H,14,15,16). The van der Waals surface area contributed by atoms with Gasteiger partial charge in [-0.3, -0.25) is 10.1 Å². The zero-order valence-corrected chi connectivity index (χ0v) is 11.4. The second-order valence-corrected chi connectivity index (χ2v) is 4.66. The first kappa shape index (κ1) is 13.4. The third-order valence-corrected chi connectivity index (χ3v) is 3.07. The molecule has 1 atom stereocenters. The number of hydrogen-bond donors (Lipinski definition) is 1. The molecule has 0 fully saturated rings. The number of amides is 1. The van der Waals surface area contributed by atoms with E-state index >= 15 is 0 Å². The zero-order valence-electron chi connectivity index (χ0n) is 10.6. The molecule has 0 radical (unpaired) electrons. The van der Waals surface area contributed by atoms with Crippen LogP contribution in [0.3, 0.4) is 0 Å². The van der Waals surface area contributed by atoms with Crippen LogP contribution in [-0.2, 0) is 4.79 Å². The molecule has 1 aromatic heterocycles. The van der Waals surface area contributed by atoms with Crippen LogP contribution in [0.5, 0.6) is 11.5 Å². The Hall–Kier alpha value is -2.08. The van der Waals surface area contributed by atoms with Crippen LogP contribution in [-0.4, -0.2) is 24.1 Å². The number of nitrogens with zero attached hydrogens (tertiary/aromatic N) is 1. The van der Waals surface area contributed by atoms with Crippen LogP contribution >= 0.6 is 11.3 Å². The van der Waals surface area contributed by atoms with Crippen molar-refractivity contribution >= 4 is 22.4 Å². The first-order valence-electron chi connectivity index (χ1n) is 5.70. The number of carbonyl (C=O) groups excluding carboxylic acids is 1. The number of benzene rings is 1. The fourth-order valence-electron chi connectivity index (χ4n) is 1.42. The van der Waals surface area contributed by atoms with Gasteiger partial charge in [-0.2, -0.15) is 0 Å². The summed E-state index contributed by atoms with van der Waals surface area (Å²) >= 11 is 1.36. The smallest absolute Gasteiger partial charge is 0.266 e. The molecule has 0 aliphatic rings. The topological polar surface area (TPSA) is 60.5 Å². The van der Waals surface area contributed by atoms with E-state index < -0.39 is 6.10 Å². The molecule has 0 spiro atoms. The lowest BCUT2D eigenvalue weighted by atomic mass is 10.3. The second kappa shape index (κ2) is 6.19. The molecule has 1 heterocycles. The van der Waals surface area contributed by atoms with Crippen LogP contribution in [0.25, 0.3) is 0 Å². The van der Waals surface area contributed by atoms with Gasteiger partial charge in [0.2, 0.25) is 0 Å². The number of hydrogen-bond acceptors (Lipinski definition) is 5. The summed E-state index contributed by atoms with van der Waals surface area (Å²) in [5, 5.41) is 5.04. The highest BCUT2D eigenvalue weighted by atomic mass is 32.1. The average Bonchev–Trinajstić information content (AvgIpc) is 2.91. The third-order valence-electron chi connectivity index (χ3n) is 2.39. The van der Waals surface area contributed by atoms with E-state index in [2.05, 4.69) is 10.3 Å². The SMILES string of the molecule is COc1cccc(OC(C)C(=O)Nc2nccs2)c1. The Morgan fingerprint density at radius 3 is 2.89 bits per heavy atom. The summed E-state index contributed by atoms with van der Waals surface area (Å²) < 4.78 is 10.6. The largest absolute Gasteiger partial charge is 0.497 e. The van der Waals surface area contributed by atoms with E-state index in [4.69, 9.17) is 9.47 Å². The van der Waals surface area contributed by atoms with Gasteiger partial charge < -0.3 is 9.47 Å². The van der Waals surface area contributed by atoms with Crippen molar-refractivity contribution in [2.75, 3.05) is 12.4 Å². The van der Waals surface area contributed by atoms with E-state index in [1.54, 1.807) is 43.8 Å². The van der Waals surface area contributed by atoms with Gasteiger partial charge in [0.1, 0.15) is 11.5 Å². The molecule has 1 N–H and O–H groups in total. The summed E-state index contributed by atoms with van der Waals surface area (Å²) in [6.07, 6.45) is 1.02. The van der Waals surface area contributed by atoms with Crippen LogP contribution < -0.4 is 14.8 Å². The highest BCUT2D eigenvalue weighted by Crippen LogP contribution is 2.20. The number of rotatable bonds is 5. The van der Waals surface area contributed by atoms with Gasteiger partial charge in [-0.15, -0.1) is 11.3 Å². The molecule has 19 heavy (non-hydrogen) atoms. The fourth-order valence-corrected chi connectivity index (χ4v) is 1.96. The van der Waals surface area contributed by atoms with Gasteiger partial charge in [0.05, 0.1) is 7.11 Å². The molecule has 0 aliphatic heterocycles. The van der Waals surface area contributed by atoms with Crippen molar-refractivity contribution in [2.45, 2.75) is 13.0 Å². The predicted octanol–water partition coefficient (Wildman–Crippen LogP) is 2.56. The molecular formula is C13H14N2O3S. The van der Waals surface area contributed by atoms with Crippen LogP contribution in [0.15, 0.2) is 35.8 Å². The normalized spacial score (nSPS) is 11.7. The summed E-state index contributed by atoms with van der Waals surface area (Å²) in [5.74, 6) is 1.03. The number of nitrogens with one attached hydrogen (secondary N) is 1. The van der Waals surface area contributed by atoms with Gasteiger partial charge in [-0.05, 0) is 19.1 Å². The molecule has 0 saturated carbocycles. The molecule has 1 unspecified atom stereocenters. The maximum Gasteiger partial charge on any atom is 0.266 e. The quantitative estimate of drug-likeness (QED) is 0.913. The van der Waals surface area contributed by atoms with Crippen LogP contribution in [0, 0.1) is 0 Å². The molecule has 0 bridgehead atoms. The van der Waals surface area contributed by atoms with Crippen LogP contribution in [0.4, 0.5) is 5.13 Å². The Bertz CT molecular complexity index is 543. The van der Waals surface area contributed by atoms with Crippen molar-refractivity contribution in [3.05, 3.63) is 35.8 Å². The Balaban J connectivity index is 1.96. The number of aromatic nitrogens is 1. The van der Waals surface area contributed by atoms with Crippen molar-refractivity contribution in [1.29, 1.82) is 0 Å². The lowest BCUT2D eigenvalue weighted by molar-refractivity contribution is -0.122. The highest BCUT2D eigenvalue weighted by molar-refractivity contribution is 7.13. The van der Waals surface area contributed by atoms with Crippen molar-refractivity contribution in [3.63, 3.8) is 0 Å². The first-order valence-corrected chi connectivity index (χ1v) is 6.58. The molecule has 5 nitrogen and oxygen atoms in total. The van der Waals surface area contributed by atoms with E-state index in [0.717, 1.165) is 0 Å². The molecule has 1 aromatic carbocycles. The number of carbonyl (C=O) groups is 1. The maximum atomic E-state index is 11.9. The molecule has 0 aliphatic carbocycles. The van der Waals surface area contributed by atoms with E-state index in [9.17, 15) is 4.79 Å². The first-order chi connectivity index (χ1) is 9.19. The van der Waals surface area contributed by atoms with Crippen LogP contribution in [0.2, 0.25) is 0 Å². The second-order valence-electron chi connectivity index (χ2n) is 3.77. The van der Waals surface area contributed by atoms with E-state index in [0.29, 0.717) is 16.6 Å². The van der Waals surface area contributed by atoms with E-state index in [-0.39, 0.29) is 5.91 Å². The van der Waals surface area contributed by atoms with Crippen molar-refractivity contribution in [3.8, 4) is 11.5 Å². The van der Waals surface area contributed by atoms with Gasteiger partial charge in [0.25, 0.3) is 5.91 Å². The van der Waals surface area contributed by atoms with Crippen LogP contribution in [0.1, 0.15) is 6.92 Å². The molecule has 6 heteroatoms. The number of methoxy groups -OCH3 is 1. The van der Waals surface area contributed by atoms with Crippen molar-refractivity contribution in [2.24, 2.45) is 0 Å². The van der Waals surface area contributed by atoms with Gasteiger partial charge in [0, 0.05) is 17.6 Å². The number of anilines is 1. The minimum atomic E-state index is -0.615. The van der Waals surface area contributed by atoms with E-state index in [1.807, 2.05) is 6.07 Å². The van der Waals surface area contributed by atoms with Crippen molar-refractivity contribution < 1.29 is 14.3 Å².